The molecule has 0 radical (unpaired) electrons. The summed E-state index contributed by atoms with van der Waals surface area (Å²) in [5.74, 6) is -2.29. The fourth-order valence-electron chi connectivity index (χ4n) is 5.15. The van der Waals surface area contributed by atoms with Crippen molar-refractivity contribution in [2.45, 2.75) is 65.3 Å². The van der Waals surface area contributed by atoms with Gasteiger partial charge in [-0.3, -0.25) is 9.59 Å². The van der Waals surface area contributed by atoms with Crippen molar-refractivity contribution >= 4 is 17.7 Å². The number of ketones is 1. The lowest BCUT2D eigenvalue weighted by atomic mass is 9.67. The van der Waals surface area contributed by atoms with Crippen LogP contribution in [0.15, 0.2) is 12.2 Å². The Morgan fingerprint density at radius 1 is 1.46 bits per heavy atom. The normalized spacial score (nSPS) is 43.3. The molecule has 8 atom stereocenters. The standard InChI is InChI=1S/C20H28O6/c1-6-9(2)18(23)26-17-15-11(4)19(24)25-13(15)7-10(3)16-12(21)8-14(22)20(16,17)5/h9-10,12-13,15-17,21H,4,6-8H2,1-3,5H3/t9?,10-,12?,13-,15-,16-,17+,20-/m1/s1. The molecule has 6 heteroatoms. The van der Waals surface area contributed by atoms with E-state index in [1.165, 1.54) is 0 Å². The highest BCUT2D eigenvalue weighted by Gasteiger charge is 2.65. The summed E-state index contributed by atoms with van der Waals surface area (Å²) in [6.45, 7) is 11.2. The Hall–Kier alpha value is -1.69. The summed E-state index contributed by atoms with van der Waals surface area (Å²) in [6, 6.07) is 0. The molecule has 0 aromatic carbocycles. The molecule has 3 rings (SSSR count). The lowest BCUT2D eigenvalue weighted by Gasteiger charge is -2.40. The van der Waals surface area contributed by atoms with Crippen LogP contribution in [0.3, 0.4) is 0 Å². The highest BCUT2D eigenvalue weighted by Crippen LogP contribution is 2.56. The molecule has 0 amide bonds. The van der Waals surface area contributed by atoms with E-state index in [4.69, 9.17) is 9.47 Å². The van der Waals surface area contributed by atoms with E-state index in [0.717, 1.165) is 0 Å². The second-order valence-electron chi connectivity index (χ2n) is 8.38. The van der Waals surface area contributed by atoms with Crippen LogP contribution in [0.25, 0.3) is 0 Å². The van der Waals surface area contributed by atoms with Crippen LogP contribution >= 0.6 is 0 Å². The van der Waals surface area contributed by atoms with Gasteiger partial charge < -0.3 is 14.6 Å². The number of hydrogen-bond acceptors (Lipinski definition) is 6. The summed E-state index contributed by atoms with van der Waals surface area (Å²) in [7, 11) is 0. The van der Waals surface area contributed by atoms with Gasteiger partial charge in [-0.1, -0.05) is 27.4 Å². The van der Waals surface area contributed by atoms with Crippen LogP contribution in [0, 0.1) is 29.1 Å². The first-order valence-corrected chi connectivity index (χ1v) is 9.44. The maximum absolute atomic E-state index is 12.9. The summed E-state index contributed by atoms with van der Waals surface area (Å²) in [4.78, 5) is 37.6. The van der Waals surface area contributed by atoms with Crippen molar-refractivity contribution in [3.8, 4) is 0 Å². The molecule has 6 nitrogen and oxygen atoms in total. The lowest BCUT2D eigenvalue weighted by molar-refractivity contribution is -0.170. The van der Waals surface area contributed by atoms with Gasteiger partial charge in [0, 0.05) is 17.9 Å². The van der Waals surface area contributed by atoms with Crippen LogP contribution in [-0.2, 0) is 23.9 Å². The third kappa shape index (κ3) is 2.61. The molecule has 0 aromatic heterocycles. The second kappa shape index (κ2) is 6.48. The van der Waals surface area contributed by atoms with E-state index >= 15 is 0 Å². The molecule has 3 fully saturated rings. The number of rotatable bonds is 3. The quantitative estimate of drug-likeness (QED) is 0.609. The van der Waals surface area contributed by atoms with Crippen LogP contribution < -0.4 is 0 Å². The topological polar surface area (TPSA) is 89.9 Å². The minimum atomic E-state index is -1.06. The monoisotopic (exact) mass is 364 g/mol. The molecule has 0 aromatic rings. The van der Waals surface area contributed by atoms with E-state index in [0.29, 0.717) is 12.8 Å². The molecule has 3 aliphatic rings. The van der Waals surface area contributed by atoms with E-state index < -0.39 is 41.6 Å². The predicted octanol–water partition coefficient (Wildman–Crippen LogP) is 2.04. The average Bonchev–Trinajstić information content (AvgIpc) is 2.94. The zero-order chi connectivity index (χ0) is 19.4. The van der Waals surface area contributed by atoms with Crippen LogP contribution in [0.4, 0.5) is 0 Å². The number of ether oxygens (including phenoxy) is 2. The zero-order valence-corrected chi connectivity index (χ0v) is 15.9. The first kappa shape index (κ1) is 19.1. The van der Waals surface area contributed by atoms with Gasteiger partial charge in [0.15, 0.2) is 0 Å². The van der Waals surface area contributed by atoms with Crippen LogP contribution in [0.2, 0.25) is 0 Å². The molecule has 144 valence electrons. The van der Waals surface area contributed by atoms with Gasteiger partial charge in [-0.05, 0) is 25.7 Å². The minimum absolute atomic E-state index is 0.0432. The molecule has 2 unspecified atom stereocenters. The largest absolute Gasteiger partial charge is 0.460 e. The first-order chi connectivity index (χ1) is 12.1. The smallest absolute Gasteiger partial charge is 0.334 e. The maximum atomic E-state index is 12.9. The Balaban J connectivity index is 2.09. The Kier molecular flexibility index (Phi) is 4.76. The van der Waals surface area contributed by atoms with E-state index in [-0.39, 0.29) is 35.5 Å². The van der Waals surface area contributed by atoms with Gasteiger partial charge in [-0.2, -0.15) is 0 Å². The highest BCUT2D eigenvalue weighted by atomic mass is 16.6. The molecular formula is C20H28O6. The third-order valence-corrected chi connectivity index (χ3v) is 6.82. The molecule has 1 saturated heterocycles. The van der Waals surface area contributed by atoms with Gasteiger partial charge in [0.2, 0.25) is 0 Å². The molecule has 2 saturated carbocycles. The molecule has 0 bridgehead atoms. The van der Waals surface area contributed by atoms with Gasteiger partial charge >= 0.3 is 11.9 Å². The Labute approximate surface area is 153 Å². The summed E-state index contributed by atoms with van der Waals surface area (Å²) < 4.78 is 11.4. The van der Waals surface area contributed by atoms with Crippen molar-refractivity contribution < 1.29 is 29.0 Å². The number of carbonyl (C=O) groups excluding carboxylic acids is 3. The highest BCUT2D eigenvalue weighted by molar-refractivity contribution is 5.93. The molecule has 1 heterocycles. The van der Waals surface area contributed by atoms with Crippen molar-refractivity contribution in [3.63, 3.8) is 0 Å². The number of esters is 2. The second-order valence-corrected chi connectivity index (χ2v) is 8.38. The predicted molar refractivity (Wildman–Crippen MR) is 92.9 cm³/mol. The third-order valence-electron chi connectivity index (χ3n) is 6.82. The van der Waals surface area contributed by atoms with Crippen LogP contribution in [0.1, 0.15) is 47.0 Å². The number of hydrogen-bond donors (Lipinski definition) is 1. The molecule has 26 heavy (non-hydrogen) atoms. The fraction of sp³-hybridized carbons (Fsp3) is 0.750. The Bertz CT molecular complexity index is 655. The summed E-state index contributed by atoms with van der Waals surface area (Å²) in [6.07, 6.45) is -0.952. The summed E-state index contributed by atoms with van der Waals surface area (Å²) in [5.41, 5.74) is -0.807. The first-order valence-electron chi connectivity index (χ1n) is 9.44. The molecule has 1 aliphatic heterocycles. The lowest BCUT2D eigenvalue weighted by Crippen LogP contribution is -2.50. The summed E-state index contributed by atoms with van der Waals surface area (Å²) in [5, 5.41) is 10.6. The van der Waals surface area contributed by atoms with Gasteiger partial charge in [0.05, 0.1) is 23.4 Å². The molecule has 2 aliphatic carbocycles. The summed E-state index contributed by atoms with van der Waals surface area (Å²) >= 11 is 0. The number of aliphatic hydroxyl groups is 1. The van der Waals surface area contributed by atoms with Gasteiger partial charge in [-0.25, -0.2) is 4.79 Å². The van der Waals surface area contributed by atoms with Crippen molar-refractivity contribution in [2.24, 2.45) is 29.1 Å². The minimum Gasteiger partial charge on any atom is -0.460 e. The van der Waals surface area contributed by atoms with Crippen molar-refractivity contribution in [2.75, 3.05) is 0 Å². The van der Waals surface area contributed by atoms with Crippen molar-refractivity contribution in [1.82, 2.24) is 0 Å². The van der Waals surface area contributed by atoms with E-state index in [9.17, 15) is 19.5 Å². The fourth-order valence-corrected chi connectivity index (χ4v) is 5.15. The van der Waals surface area contributed by atoms with E-state index in [1.54, 1.807) is 13.8 Å². The van der Waals surface area contributed by atoms with Gasteiger partial charge in [0.1, 0.15) is 18.0 Å². The number of fused-ring (bicyclic) bond motifs is 2. The maximum Gasteiger partial charge on any atom is 0.334 e. The zero-order valence-electron chi connectivity index (χ0n) is 15.9. The van der Waals surface area contributed by atoms with Gasteiger partial charge in [0.25, 0.3) is 0 Å². The number of Topliss-reactive ketones (excluding diaryl/α,β-unsaturated/α-hetero) is 1. The Morgan fingerprint density at radius 2 is 2.12 bits per heavy atom. The van der Waals surface area contributed by atoms with Crippen LogP contribution in [0.5, 0.6) is 0 Å². The average molecular weight is 364 g/mol. The van der Waals surface area contributed by atoms with Gasteiger partial charge in [-0.15, -0.1) is 0 Å². The molecule has 0 spiro atoms. The van der Waals surface area contributed by atoms with Crippen molar-refractivity contribution in [1.29, 1.82) is 0 Å². The SMILES string of the molecule is C=C1C(=O)O[C@@H]2C[C@@H](C)[C@@H]3C(O)CC(=O)[C@@]3(C)[C@@H](OC(=O)C(C)CC)[C@H]12. The van der Waals surface area contributed by atoms with Crippen LogP contribution in [-0.4, -0.2) is 41.1 Å². The number of carbonyl (C=O) groups is 3. The number of aliphatic hydroxyl groups excluding tert-OH is 1. The Morgan fingerprint density at radius 3 is 2.73 bits per heavy atom. The van der Waals surface area contributed by atoms with Crippen molar-refractivity contribution in [3.05, 3.63) is 12.2 Å². The molecule has 1 N–H and O–H groups in total. The van der Waals surface area contributed by atoms with E-state index in [2.05, 4.69) is 6.58 Å². The molecular weight excluding hydrogens is 336 g/mol. The van der Waals surface area contributed by atoms with E-state index in [1.807, 2.05) is 13.8 Å².